The van der Waals surface area contributed by atoms with Crippen LogP contribution in [0.1, 0.15) is 36.1 Å². The Kier molecular flexibility index (Phi) is 9.24. The van der Waals surface area contributed by atoms with Crippen LogP contribution in [-0.4, -0.2) is 53.4 Å². The van der Waals surface area contributed by atoms with Crippen molar-refractivity contribution in [3.05, 3.63) is 53.3 Å². The molecule has 1 aliphatic rings. The predicted octanol–water partition coefficient (Wildman–Crippen LogP) is 3.32. The van der Waals surface area contributed by atoms with Crippen molar-refractivity contribution in [1.29, 1.82) is 0 Å². The minimum Gasteiger partial charge on any atom is -0.370 e. The number of nitrogens with zero attached hydrogens (tertiary/aromatic N) is 4. The number of ether oxygens (including phenoxy) is 1. The zero-order valence-corrected chi connectivity index (χ0v) is 19.4. The SMILES string of the molecule is CCNC(=NCCCc1cnn(C)c1)N1CCOC(c2ccccc2C)C1.I. The van der Waals surface area contributed by atoms with Gasteiger partial charge in [0.25, 0.3) is 0 Å². The van der Waals surface area contributed by atoms with Crippen LogP contribution in [0.15, 0.2) is 41.7 Å². The fourth-order valence-corrected chi connectivity index (χ4v) is 3.47. The minimum atomic E-state index is 0. The first-order valence-electron chi connectivity index (χ1n) is 9.85. The maximum absolute atomic E-state index is 6.06. The van der Waals surface area contributed by atoms with Crippen LogP contribution in [-0.2, 0) is 18.2 Å². The number of aryl methyl sites for hydroxylation is 3. The molecule has 2 heterocycles. The minimum absolute atomic E-state index is 0. The molecule has 1 aliphatic heterocycles. The number of morpholine rings is 1. The fraction of sp³-hybridized carbons (Fsp3) is 0.524. The lowest BCUT2D eigenvalue weighted by atomic mass is 10.0. The molecule has 1 saturated heterocycles. The molecule has 0 aliphatic carbocycles. The topological polar surface area (TPSA) is 54.7 Å². The summed E-state index contributed by atoms with van der Waals surface area (Å²) >= 11 is 0. The Balaban J connectivity index is 0.00000280. The molecule has 0 saturated carbocycles. The highest BCUT2D eigenvalue weighted by molar-refractivity contribution is 14.0. The summed E-state index contributed by atoms with van der Waals surface area (Å²) in [6, 6.07) is 8.48. The second kappa shape index (κ2) is 11.4. The highest BCUT2D eigenvalue weighted by Gasteiger charge is 2.25. The maximum Gasteiger partial charge on any atom is 0.194 e. The Morgan fingerprint density at radius 2 is 2.18 bits per heavy atom. The summed E-state index contributed by atoms with van der Waals surface area (Å²) in [6.45, 7) is 8.37. The van der Waals surface area contributed by atoms with Gasteiger partial charge in [0.2, 0.25) is 0 Å². The molecule has 1 atom stereocenters. The van der Waals surface area contributed by atoms with E-state index in [-0.39, 0.29) is 30.1 Å². The van der Waals surface area contributed by atoms with Crippen molar-refractivity contribution in [2.24, 2.45) is 12.0 Å². The molecule has 154 valence electrons. The molecule has 1 N–H and O–H groups in total. The third-order valence-electron chi connectivity index (χ3n) is 4.88. The van der Waals surface area contributed by atoms with Crippen LogP contribution in [0.25, 0.3) is 0 Å². The van der Waals surface area contributed by atoms with Gasteiger partial charge in [0, 0.05) is 32.9 Å². The number of nitrogens with one attached hydrogen (secondary N) is 1. The molecule has 1 unspecified atom stereocenters. The van der Waals surface area contributed by atoms with E-state index in [1.165, 1.54) is 16.7 Å². The van der Waals surface area contributed by atoms with Crippen LogP contribution in [0.5, 0.6) is 0 Å². The van der Waals surface area contributed by atoms with Crippen molar-refractivity contribution in [2.75, 3.05) is 32.8 Å². The summed E-state index contributed by atoms with van der Waals surface area (Å²) in [7, 11) is 1.95. The van der Waals surface area contributed by atoms with E-state index >= 15 is 0 Å². The lowest BCUT2D eigenvalue weighted by Crippen LogP contribution is -2.48. The molecule has 1 aromatic carbocycles. The van der Waals surface area contributed by atoms with Gasteiger partial charge in [0.15, 0.2) is 5.96 Å². The first-order valence-corrected chi connectivity index (χ1v) is 9.85. The van der Waals surface area contributed by atoms with E-state index in [1.807, 2.05) is 17.9 Å². The van der Waals surface area contributed by atoms with Gasteiger partial charge < -0.3 is 15.0 Å². The van der Waals surface area contributed by atoms with Crippen LogP contribution in [0.4, 0.5) is 0 Å². The number of aliphatic imine (C=N–C) groups is 1. The van der Waals surface area contributed by atoms with Crippen LogP contribution in [0.2, 0.25) is 0 Å². The number of hydrogen-bond acceptors (Lipinski definition) is 3. The Morgan fingerprint density at radius 3 is 2.89 bits per heavy atom. The molecule has 7 heteroatoms. The number of rotatable bonds is 6. The summed E-state index contributed by atoms with van der Waals surface area (Å²) in [4.78, 5) is 7.19. The van der Waals surface area contributed by atoms with Crippen molar-refractivity contribution in [2.45, 2.75) is 32.8 Å². The summed E-state index contributed by atoms with van der Waals surface area (Å²) in [6.07, 6.45) is 6.13. The van der Waals surface area contributed by atoms with Gasteiger partial charge in [-0.15, -0.1) is 24.0 Å². The monoisotopic (exact) mass is 497 g/mol. The molecule has 1 fully saturated rings. The van der Waals surface area contributed by atoms with E-state index in [0.29, 0.717) is 0 Å². The molecule has 0 radical (unpaired) electrons. The molecular weight excluding hydrogens is 465 g/mol. The zero-order valence-electron chi connectivity index (χ0n) is 17.1. The van der Waals surface area contributed by atoms with Crippen molar-refractivity contribution in [1.82, 2.24) is 20.0 Å². The van der Waals surface area contributed by atoms with E-state index in [2.05, 4.69) is 59.6 Å². The maximum atomic E-state index is 6.06. The Labute approximate surface area is 185 Å². The van der Waals surface area contributed by atoms with Crippen LogP contribution >= 0.6 is 24.0 Å². The molecule has 1 aromatic heterocycles. The van der Waals surface area contributed by atoms with Gasteiger partial charge >= 0.3 is 0 Å². The van der Waals surface area contributed by atoms with Gasteiger partial charge in [-0.3, -0.25) is 9.67 Å². The van der Waals surface area contributed by atoms with Crippen molar-refractivity contribution < 1.29 is 4.74 Å². The number of guanidine groups is 1. The predicted molar refractivity (Wildman–Crippen MR) is 124 cm³/mol. The summed E-state index contributed by atoms with van der Waals surface area (Å²) in [5.74, 6) is 0.991. The Morgan fingerprint density at radius 1 is 1.36 bits per heavy atom. The number of hydrogen-bond donors (Lipinski definition) is 1. The molecule has 6 nitrogen and oxygen atoms in total. The lowest BCUT2D eigenvalue weighted by Gasteiger charge is -2.35. The fourth-order valence-electron chi connectivity index (χ4n) is 3.47. The third-order valence-corrected chi connectivity index (χ3v) is 4.88. The van der Waals surface area contributed by atoms with E-state index in [9.17, 15) is 0 Å². The Bertz CT molecular complexity index is 761. The van der Waals surface area contributed by atoms with Crippen LogP contribution in [0.3, 0.4) is 0 Å². The average Bonchev–Trinajstić information content (AvgIpc) is 3.10. The first-order chi connectivity index (χ1) is 13.2. The van der Waals surface area contributed by atoms with E-state index in [0.717, 1.165) is 51.6 Å². The Hall–Kier alpha value is -1.61. The first kappa shape index (κ1) is 22.7. The highest BCUT2D eigenvalue weighted by Crippen LogP contribution is 2.25. The largest absolute Gasteiger partial charge is 0.370 e. The summed E-state index contributed by atoms with van der Waals surface area (Å²) in [5.41, 5.74) is 3.82. The van der Waals surface area contributed by atoms with Gasteiger partial charge in [0.05, 0.1) is 19.3 Å². The molecule has 0 amide bonds. The van der Waals surface area contributed by atoms with Gasteiger partial charge in [-0.25, -0.2) is 0 Å². The molecule has 0 spiro atoms. The summed E-state index contributed by atoms with van der Waals surface area (Å²) in [5, 5.41) is 7.67. The van der Waals surface area contributed by atoms with Gasteiger partial charge in [-0.1, -0.05) is 24.3 Å². The number of aromatic nitrogens is 2. The van der Waals surface area contributed by atoms with E-state index in [4.69, 9.17) is 9.73 Å². The smallest absolute Gasteiger partial charge is 0.194 e. The second-order valence-corrected chi connectivity index (χ2v) is 7.02. The second-order valence-electron chi connectivity index (χ2n) is 7.02. The number of benzene rings is 1. The van der Waals surface area contributed by atoms with E-state index < -0.39 is 0 Å². The molecule has 28 heavy (non-hydrogen) atoms. The zero-order chi connectivity index (χ0) is 19.1. The molecule has 0 bridgehead atoms. The van der Waals surface area contributed by atoms with Gasteiger partial charge in [-0.05, 0) is 43.4 Å². The van der Waals surface area contributed by atoms with Gasteiger partial charge in [0.1, 0.15) is 6.10 Å². The quantitative estimate of drug-likeness (QED) is 0.288. The average molecular weight is 497 g/mol. The van der Waals surface area contributed by atoms with Gasteiger partial charge in [-0.2, -0.15) is 5.10 Å². The standard InChI is InChI=1S/C21H31N5O.HI/c1-4-22-21(23-11-7-9-18-14-24-25(3)15-18)26-12-13-27-20(16-26)19-10-6-5-8-17(19)2;/h5-6,8,10,14-15,20H,4,7,9,11-13,16H2,1-3H3,(H,22,23);1H. The third kappa shape index (κ3) is 6.20. The van der Waals surface area contributed by atoms with Crippen molar-refractivity contribution in [3.8, 4) is 0 Å². The highest BCUT2D eigenvalue weighted by atomic mass is 127. The molecule has 2 aromatic rings. The van der Waals surface area contributed by atoms with Crippen molar-refractivity contribution >= 4 is 29.9 Å². The van der Waals surface area contributed by atoms with E-state index in [1.54, 1.807) is 0 Å². The number of halogens is 1. The lowest BCUT2D eigenvalue weighted by molar-refractivity contribution is -0.00832. The van der Waals surface area contributed by atoms with Crippen LogP contribution in [0, 0.1) is 6.92 Å². The summed E-state index contributed by atoms with van der Waals surface area (Å²) < 4.78 is 7.90. The molecular formula is C21H32IN5O. The van der Waals surface area contributed by atoms with Crippen LogP contribution < -0.4 is 5.32 Å². The molecule has 3 rings (SSSR count). The van der Waals surface area contributed by atoms with Crippen molar-refractivity contribution in [3.63, 3.8) is 0 Å². The normalized spacial score (nSPS) is 17.3.